The third-order valence-corrected chi connectivity index (χ3v) is 3.84. The highest BCUT2D eigenvalue weighted by atomic mass is 32.2. The molecule has 0 amide bonds. The van der Waals surface area contributed by atoms with Crippen molar-refractivity contribution in [1.29, 1.82) is 0 Å². The van der Waals surface area contributed by atoms with Crippen LogP contribution in [-0.2, 0) is 9.53 Å². The van der Waals surface area contributed by atoms with Gasteiger partial charge in [-0.3, -0.25) is 10.1 Å². The number of carbonyl (C=O) groups excluding carboxylic acids is 1. The van der Waals surface area contributed by atoms with E-state index in [-0.39, 0.29) is 5.69 Å². The second-order valence-electron chi connectivity index (χ2n) is 4.26. The lowest BCUT2D eigenvalue weighted by Crippen LogP contribution is -1.94. The molecule has 0 N–H and O–H groups in total. The van der Waals surface area contributed by atoms with Crippen LogP contribution in [0.1, 0.15) is 5.56 Å². The van der Waals surface area contributed by atoms with E-state index in [0.29, 0.717) is 10.5 Å². The molecule has 2 rings (SSSR count). The second kappa shape index (κ2) is 7.42. The number of hydrogen-bond donors (Lipinski definition) is 0. The molecule has 6 heteroatoms. The van der Waals surface area contributed by atoms with Gasteiger partial charge in [-0.05, 0) is 29.8 Å². The number of carbonyl (C=O) groups is 1. The van der Waals surface area contributed by atoms with E-state index in [4.69, 9.17) is 0 Å². The normalized spacial score (nSPS) is 10.6. The number of hydrogen-bond acceptors (Lipinski definition) is 5. The van der Waals surface area contributed by atoms with Gasteiger partial charge >= 0.3 is 5.97 Å². The quantitative estimate of drug-likeness (QED) is 0.362. The molecule has 0 heterocycles. The molecule has 2 aromatic rings. The van der Waals surface area contributed by atoms with E-state index in [9.17, 15) is 14.9 Å². The van der Waals surface area contributed by atoms with E-state index < -0.39 is 10.9 Å². The van der Waals surface area contributed by atoms with Gasteiger partial charge < -0.3 is 4.74 Å². The number of nitrogens with zero attached hydrogens (tertiary/aromatic N) is 1. The Labute approximate surface area is 131 Å². The summed E-state index contributed by atoms with van der Waals surface area (Å²) in [5.41, 5.74) is 0.565. The lowest BCUT2D eigenvalue weighted by molar-refractivity contribution is -0.387. The van der Waals surface area contributed by atoms with Crippen LogP contribution in [-0.4, -0.2) is 18.0 Å². The Balaban J connectivity index is 2.30. The average molecular weight is 315 g/mol. The van der Waals surface area contributed by atoms with Gasteiger partial charge in [-0.1, -0.05) is 36.0 Å². The van der Waals surface area contributed by atoms with E-state index in [1.165, 1.54) is 37.1 Å². The summed E-state index contributed by atoms with van der Waals surface area (Å²) in [6.45, 7) is 0. The highest BCUT2D eigenvalue weighted by Crippen LogP contribution is 2.35. The number of rotatable bonds is 5. The van der Waals surface area contributed by atoms with Crippen LogP contribution >= 0.6 is 11.8 Å². The fraction of sp³-hybridized carbons (Fsp3) is 0.0625. The molecule has 0 aliphatic heterocycles. The SMILES string of the molecule is COC(=O)/C=C/c1ccc(Sc2ccccc2)c([N+](=O)[O-])c1. The Morgan fingerprint density at radius 2 is 1.95 bits per heavy atom. The van der Waals surface area contributed by atoms with Gasteiger partial charge in [-0.15, -0.1) is 0 Å². The van der Waals surface area contributed by atoms with Gasteiger partial charge in [0.1, 0.15) is 0 Å². The zero-order valence-electron chi connectivity index (χ0n) is 11.8. The van der Waals surface area contributed by atoms with Crippen molar-refractivity contribution in [2.75, 3.05) is 7.11 Å². The molecule has 0 saturated carbocycles. The van der Waals surface area contributed by atoms with E-state index in [0.717, 1.165) is 4.90 Å². The lowest BCUT2D eigenvalue weighted by atomic mass is 10.2. The van der Waals surface area contributed by atoms with Crippen LogP contribution in [0.5, 0.6) is 0 Å². The molecule has 0 bridgehead atoms. The largest absolute Gasteiger partial charge is 0.466 e. The van der Waals surface area contributed by atoms with Crippen LogP contribution in [0.15, 0.2) is 64.4 Å². The summed E-state index contributed by atoms with van der Waals surface area (Å²) in [6.07, 6.45) is 2.71. The summed E-state index contributed by atoms with van der Waals surface area (Å²) in [5, 5.41) is 11.2. The molecule has 0 aromatic heterocycles. The van der Waals surface area contributed by atoms with E-state index in [1.54, 1.807) is 12.1 Å². The number of nitro groups is 1. The number of ether oxygens (including phenoxy) is 1. The second-order valence-corrected chi connectivity index (χ2v) is 5.37. The molecule has 0 fully saturated rings. The molecule has 5 nitrogen and oxygen atoms in total. The molecule has 0 spiro atoms. The van der Waals surface area contributed by atoms with Crippen LogP contribution in [0.4, 0.5) is 5.69 Å². The topological polar surface area (TPSA) is 69.4 Å². The van der Waals surface area contributed by atoms with E-state index in [2.05, 4.69) is 4.74 Å². The summed E-state index contributed by atoms with van der Waals surface area (Å²) < 4.78 is 4.49. The van der Waals surface area contributed by atoms with Crippen LogP contribution < -0.4 is 0 Å². The Bertz CT molecular complexity index is 713. The predicted molar refractivity (Wildman–Crippen MR) is 84.7 cm³/mol. The van der Waals surface area contributed by atoms with Crippen molar-refractivity contribution in [3.63, 3.8) is 0 Å². The monoisotopic (exact) mass is 315 g/mol. The zero-order valence-corrected chi connectivity index (χ0v) is 12.6. The summed E-state index contributed by atoms with van der Waals surface area (Å²) in [6, 6.07) is 14.2. The summed E-state index contributed by atoms with van der Waals surface area (Å²) in [5.74, 6) is -0.509. The summed E-state index contributed by atoms with van der Waals surface area (Å²) in [7, 11) is 1.27. The maximum Gasteiger partial charge on any atom is 0.330 e. The number of methoxy groups -OCH3 is 1. The van der Waals surface area contributed by atoms with Gasteiger partial charge in [0.25, 0.3) is 5.69 Å². The van der Waals surface area contributed by atoms with Gasteiger partial charge in [0, 0.05) is 17.0 Å². The molecule has 0 unspecified atom stereocenters. The van der Waals surface area contributed by atoms with Crippen molar-refractivity contribution >= 4 is 29.5 Å². The van der Waals surface area contributed by atoms with Crippen molar-refractivity contribution in [1.82, 2.24) is 0 Å². The molecule has 22 heavy (non-hydrogen) atoms. The molecule has 0 aliphatic rings. The predicted octanol–water partition coefficient (Wildman–Crippen LogP) is 3.93. The van der Waals surface area contributed by atoms with Crippen molar-refractivity contribution in [2.24, 2.45) is 0 Å². The third kappa shape index (κ3) is 4.20. The molecule has 2 aromatic carbocycles. The first-order valence-electron chi connectivity index (χ1n) is 6.37. The van der Waals surface area contributed by atoms with Gasteiger partial charge in [0.2, 0.25) is 0 Å². The maximum atomic E-state index is 11.2. The van der Waals surface area contributed by atoms with Crippen molar-refractivity contribution in [2.45, 2.75) is 9.79 Å². The van der Waals surface area contributed by atoms with Gasteiger partial charge in [0.05, 0.1) is 16.9 Å². The first kappa shape index (κ1) is 15.8. The molecular formula is C16H13NO4S. The van der Waals surface area contributed by atoms with Crippen LogP contribution in [0.2, 0.25) is 0 Å². The van der Waals surface area contributed by atoms with E-state index in [1.807, 2.05) is 30.3 Å². The lowest BCUT2D eigenvalue weighted by Gasteiger charge is -2.04. The van der Waals surface area contributed by atoms with Crippen molar-refractivity contribution in [3.8, 4) is 0 Å². The average Bonchev–Trinajstić information content (AvgIpc) is 2.54. The molecule has 0 saturated heterocycles. The van der Waals surface area contributed by atoms with Gasteiger partial charge in [-0.2, -0.15) is 0 Å². The number of nitro benzene ring substituents is 1. The fourth-order valence-electron chi connectivity index (χ4n) is 1.71. The van der Waals surface area contributed by atoms with Gasteiger partial charge in [0.15, 0.2) is 0 Å². The third-order valence-electron chi connectivity index (χ3n) is 2.76. The summed E-state index contributed by atoms with van der Waals surface area (Å²) >= 11 is 1.32. The molecule has 112 valence electrons. The van der Waals surface area contributed by atoms with Crippen LogP contribution in [0.25, 0.3) is 6.08 Å². The Morgan fingerprint density at radius 1 is 1.23 bits per heavy atom. The minimum absolute atomic E-state index is 0.000805. The smallest absolute Gasteiger partial charge is 0.330 e. The Hall–Kier alpha value is -2.60. The minimum atomic E-state index is -0.509. The molecular weight excluding hydrogens is 302 g/mol. The molecule has 0 aliphatic carbocycles. The first-order valence-corrected chi connectivity index (χ1v) is 7.19. The maximum absolute atomic E-state index is 11.2. The van der Waals surface area contributed by atoms with Gasteiger partial charge in [-0.25, -0.2) is 4.79 Å². The molecule has 0 radical (unpaired) electrons. The standard InChI is InChI=1S/C16H13NO4S/c1-21-16(18)10-8-12-7-9-15(14(11-12)17(19)20)22-13-5-3-2-4-6-13/h2-11H,1H3/b10-8+. The first-order chi connectivity index (χ1) is 10.6. The molecule has 0 atom stereocenters. The van der Waals surface area contributed by atoms with Crippen molar-refractivity contribution in [3.05, 3.63) is 70.3 Å². The Kier molecular flexibility index (Phi) is 5.32. The fourth-order valence-corrected chi connectivity index (χ4v) is 2.64. The minimum Gasteiger partial charge on any atom is -0.466 e. The Morgan fingerprint density at radius 3 is 2.59 bits per heavy atom. The highest BCUT2D eigenvalue weighted by Gasteiger charge is 2.15. The van der Waals surface area contributed by atoms with E-state index >= 15 is 0 Å². The highest BCUT2D eigenvalue weighted by molar-refractivity contribution is 7.99. The van der Waals surface area contributed by atoms with Crippen molar-refractivity contribution < 1.29 is 14.5 Å². The number of esters is 1. The number of benzene rings is 2. The van der Waals surface area contributed by atoms with Crippen LogP contribution in [0, 0.1) is 10.1 Å². The van der Waals surface area contributed by atoms with Crippen LogP contribution in [0.3, 0.4) is 0 Å². The zero-order chi connectivity index (χ0) is 15.9. The summed E-state index contributed by atoms with van der Waals surface area (Å²) in [4.78, 5) is 23.3.